The fraction of sp³-hybridized carbons (Fsp3) is 0.857. The number of hydrogen-bond acceptors (Lipinski definition) is 4. The summed E-state index contributed by atoms with van der Waals surface area (Å²) < 4.78 is 10.8. The molecule has 2 rings (SSSR count). The van der Waals surface area contributed by atoms with E-state index in [1.54, 1.807) is 4.90 Å². The van der Waals surface area contributed by atoms with Crippen LogP contribution in [-0.4, -0.2) is 52.5 Å². The molecule has 0 aromatic heterocycles. The second kappa shape index (κ2) is 5.24. The van der Waals surface area contributed by atoms with Gasteiger partial charge in [-0.15, -0.1) is 0 Å². The number of carbonyl (C=O) groups excluding carboxylic acids is 1. The number of likely N-dealkylation sites (tertiary alicyclic amines) is 1. The lowest BCUT2D eigenvalue weighted by Crippen LogP contribution is -2.56. The minimum atomic E-state index is -0.961. The predicted molar refractivity (Wildman–Crippen MR) is 71.5 cm³/mol. The first-order chi connectivity index (χ1) is 9.23. The number of carbonyl (C=O) groups is 2. The molecule has 0 radical (unpaired) electrons. The molecule has 114 valence electrons. The van der Waals surface area contributed by atoms with Gasteiger partial charge >= 0.3 is 12.1 Å². The molecule has 1 spiro atoms. The van der Waals surface area contributed by atoms with Gasteiger partial charge in [0, 0.05) is 13.0 Å². The molecule has 0 saturated carbocycles. The number of carboxylic acids is 1. The van der Waals surface area contributed by atoms with Gasteiger partial charge in [0.05, 0.1) is 12.1 Å². The maximum absolute atomic E-state index is 12.4. The van der Waals surface area contributed by atoms with E-state index in [0.29, 0.717) is 13.0 Å². The quantitative estimate of drug-likeness (QED) is 0.797. The van der Waals surface area contributed by atoms with Gasteiger partial charge in [0.25, 0.3) is 0 Å². The molecule has 2 heterocycles. The summed E-state index contributed by atoms with van der Waals surface area (Å²) >= 11 is 0. The Labute approximate surface area is 119 Å². The summed E-state index contributed by atoms with van der Waals surface area (Å²) in [4.78, 5) is 25.1. The first-order valence-corrected chi connectivity index (χ1v) is 7.09. The number of nitrogens with zero attached hydrogens (tertiary/aromatic N) is 1. The third kappa shape index (κ3) is 3.06. The van der Waals surface area contributed by atoms with E-state index in [0.717, 1.165) is 19.3 Å². The molecule has 0 aromatic rings. The van der Waals surface area contributed by atoms with E-state index in [4.69, 9.17) is 14.6 Å². The molecule has 2 aliphatic heterocycles. The van der Waals surface area contributed by atoms with Gasteiger partial charge in [0.2, 0.25) is 0 Å². The highest BCUT2D eigenvalue weighted by Crippen LogP contribution is 2.39. The molecule has 0 bridgehead atoms. The van der Waals surface area contributed by atoms with Crippen LogP contribution in [-0.2, 0) is 14.3 Å². The summed E-state index contributed by atoms with van der Waals surface area (Å²) in [6, 6.07) is 0. The number of rotatable bonds is 1. The van der Waals surface area contributed by atoms with Crippen LogP contribution in [0, 0.1) is 0 Å². The zero-order chi connectivity index (χ0) is 15.0. The number of aliphatic carboxylic acids is 1. The second-order valence-electron chi connectivity index (χ2n) is 6.66. The average Bonchev–Trinajstić information content (AvgIpc) is 2.72. The van der Waals surface area contributed by atoms with Crippen molar-refractivity contribution in [3.8, 4) is 0 Å². The van der Waals surface area contributed by atoms with Gasteiger partial charge in [-0.2, -0.15) is 0 Å². The highest BCUT2D eigenvalue weighted by Gasteiger charge is 2.50. The minimum absolute atomic E-state index is 0.281. The SMILES string of the molecule is CC(C)(C)OC(=O)N1CCCCC12COC(C(=O)O)C2. The fourth-order valence-corrected chi connectivity index (χ4v) is 2.94. The molecule has 2 saturated heterocycles. The van der Waals surface area contributed by atoms with Crippen molar-refractivity contribution in [2.75, 3.05) is 13.2 Å². The third-order valence-electron chi connectivity index (χ3n) is 3.85. The van der Waals surface area contributed by atoms with Gasteiger partial charge in [0.1, 0.15) is 5.60 Å². The Bertz CT molecular complexity index is 403. The Kier molecular flexibility index (Phi) is 3.95. The summed E-state index contributed by atoms with van der Waals surface area (Å²) in [5, 5.41) is 9.08. The van der Waals surface area contributed by atoms with Crippen LogP contribution in [0.1, 0.15) is 46.5 Å². The van der Waals surface area contributed by atoms with Crippen LogP contribution < -0.4 is 0 Å². The number of piperidine rings is 1. The monoisotopic (exact) mass is 285 g/mol. The van der Waals surface area contributed by atoms with Crippen molar-refractivity contribution in [3.05, 3.63) is 0 Å². The Balaban J connectivity index is 2.14. The van der Waals surface area contributed by atoms with E-state index in [2.05, 4.69) is 0 Å². The van der Waals surface area contributed by atoms with Crippen molar-refractivity contribution in [3.63, 3.8) is 0 Å². The molecular weight excluding hydrogens is 262 g/mol. The lowest BCUT2D eigenvalue weighted by Gasteiger charge is -2.44. The molecule has 1 amide bonds. The van der Waals surface area contributed by atoms with Crippen LogP contribution in [0.4, 0.5) is 4.79 Å². The van der Waals surface area contributed by atoms with E-state index < -0.39 is 23.2 Å². The fourth-order valence-electron chi connectivity index (χ4n) is 2.94. The van der Waals surface area contributed by atoms with Gasteiger partial charge in [0.15, 0.2) is 6.10 Å². The van der Waals surface area contributed by atoms with E-state index in [1.165, 1.54) is 0 Å². The van der Waals surface area contributed by atoms with Crippen molar-refractivity contribution in [2.24, 2.45) is 0 Å². The maximum Gasteiger partial charge on any atom is 0.410 e. The molecule has 2 atom stereocenters. The van der Waals surface area contributed by atoms with E-state index in [-0.39, 0.29) is 12.7 Å². The Morgan fingerprint density at radius 2 is 2.05 bits per heavy atom. The number of amides is 1. The molecule has 6 heteroatoms. The second-order valence-corrected chi connectivity index (χ2v) is 6.66. The minimum Gasteiger partial charge on any atom is -0.479 e. The summed E-state index contributed by atoms with van der Waals surface area (Å²) in [5.41, 5.74) is -1.06. The van der Waals surface area contributed by atoms with E-state index in [9.17, 15) is 9.59 Å². The highest BCUT2D eigenvalue weighted by atomic mass is 16.6. The first-order valence-electron chi connectivity index (χ1n) is 7.09. The molecule has 0 aromatic carbocycles. The van der Waals surface area contributed by atoms with E-state index >= 15 is 0 Å². The molecule has 6 nitrogen and oxygen atoms in total. The summed E-state index contributed by atoms with van der Waals surface area (Å²) in [7, 11) is 0. The topological polar surface area (TPSA) is 76.1 Å². The van der Waals surface area contributed by atoms with Crippen LogP contribution in [0.3, 0.4) is 0 Å². The van der Waals surface area contributed by atoms with Gasteiger partial charge in [-0.1, -0.05) is 0 Å². The molecular formula is C14H23NO5. The van der Waals surface area contributed by atoms with Crippen molar-refractivity contribution in [2.45, 2.75) is 63.7 Å². The Morgan fingerprint density at radius 1 is 1.35 bits per heavy atom. The lowest BCUT2D eigenvalue weighted by atomic mass is 9.84. The number of ether oxygens (including phenoxy) is 2. The highest BCUT2D eigenvalue weighted by molar-refractivity contribution is 5.74. The zero-order valence-corrected chi connectivity index (χ0v) is 12.3. The lowest BCUT2D eigenvalue weighted by molar-refractivity contribution is -0.147. The van der Waals surface area contributed by atoms with Crippen molar-refractivity contribution >= 4 is 12.1 Å². The smallest absolute Gasteiger partial charge is 0.410 e. The molecule has 1 N–H and O–H groups in total. The largest absolute Gasteiger partial charge is 0.479 e. The average molecular weight is 285 g/mol. The first kappa shape index (κ1) is 15.1. The Hall–Kier alpha value is -1.30. The third-order valence-corrected chi connectivity index (χ3v) is 3.85. The Morgan fingerprint density at radius 3 is 2.60 bits per heavy atom. The van der Waals surface area contributed by atoms with Gasteiger partial charge in [-0.25, -0.2) is 9.59 Å². The summed E-state index contributed by atoms with van der Waals surface area (Å²) in [5.74, 6) is -0.961. The van der Waals surface area contributed by atoms with Crippen LogP contribution >= 0.6 is 0 Å². The van der Waals surface area contributed by atoms with Crippen LogP contribution in [0.25, 0.3) is 0 Å². The summed E-state index contributed by atoms with van der Waals surface area (Å²) in [6.07, 6.45) is 1.83. The van der Waals surface area contributed by atoms with Crippen LogP contribution in [0.5, 0.6) is 0 Å². The van der Waals surface area contributed by atoms with Crippen molar-refractivity contribution < 1.29 is 24.2 Å². The van der Waals surface area contributed by atoms with Crippen LogP contribution in [0.2, 0.25) is 0 Å². The maximum atomic E-state index is 12.4. The van der Waals surface area contributed by atoms with Crippen molar-refractivity contribution in [1.29, 1.82) is 0 Å². The molecule has 0 aliphatic carbocycles. The predicted octanol–water partition coefficient (Wildman–Crippen LogP) is 2.02. The van der Waals surface area contributed by atoms with Gasteiger partial charge < -0.3 is 19.5 Å². The van der Waals surface area contributed by atoms with Crippen LogP contribution in [0.15, 0.2) is 0 Å². The normalized spacial score (nSPS) is 30.6. The number of carboxylic acid groups (broad SMARTS) is 1. The molecule has 20 heavy (non-hydrogen) atoms. The van der Waals surface area contributed by atoms with Gasteiger partial charge in [-0.05, 0) is 40.0 Å². The molecule has 2 unspecified atom stereocenters. The molecule has 2 aliphatic rings. The van der Waals surface area contributed by atoms with Crippen molar-refractivity contribution in [1.82, 2.24) is 4.90 Å². The standard InChI is InChI=1S/C14H23NO5/c1-13(2,3)20-12(18)15-7-5-4-6-14(15)8-10(11(16)17)19-9-14/h10H,4-9H2,1-3H3,(H,16,17). The van der Waals surface area contributed by atoms with Gasteiger partial charge in [-0.3, -0.25) is 0 Å². The zero-order valence-electron chi connectivity index (χ0n) is 12.3. The summed E-state index contributed by atoms with van der Waals surface area (Å²) in [6.45, 7) is 6.36. The van der Waals surface area contributed by atoms with E-state index in [1.807, 2.05) is 20.8 Å². The molecule has 2 fully saturated rings. The number of hydrogen-bond donors (Lipinski definition) is 1.